The zero-order valence-electron chi connectivity index (χ0n) is 10.4. The fraction of sp³-hybridized carbons (Fsp3) is 0.571. The quantitative estimate of drug-likeness (QED) is 0.733. The molecule has 0 aromatic heterocycles. The van der Waals surface area contributed by atoms with Gasteiger partial charge in [0.15, 0.2) is 0 Å². The van der Waals surface area contributed by atoms with Crippen molar-refractivity contribution >= 4 is 0 Å². The van der Waals surface area contributed by atoms with E-state index in [0.717, 1.165) is 44.7 Å². The van der Waals surface area contributed by atoms with Gasteiger partial charge in [-0.15, -0.1) is 0 Å². The van der Waals surface area contributed by atoms with Crippen LogP contribution in [0.2, 0.25) is 0 Å². The van der Waals surface area contributed by atoms with Crippen molar-refractivity contribution in [2.75, 3.05) is 26.8 Å². The summed E-state index contributed by atoms with van der Waals surface area (Å²) in [7, 11) is 1.75. The number of rotatable bonds is 7. The molecule has 0 bridgehead atoms. The Bertz CT molecular complexity index is 316. The molecule has 17 heavy (non-hydrogen) atoms. The third-order valence-corrected chi connectivity index (χ3v) is 3.04. The Hall–Kier alpha value is -1.06. The van der Waals surface area contributed by atoms with E-state index in [1.165, 1.54) is 5.56 Å². The summed E-state index contributed by atoms with van der Waals surface area (Å²) in [6.45, 7) is 2.83. The van der Waals surface area contributed by atoms with E-state index in [1.807, 2.05) is 12.1 Å². The highest BCUT2D eigenvalue weighted by Gasteiger charge is 2.21. The highest BCUT2D eigenvalue weighted by Crippen LogP contribution is 2.27. The smallest absolute Gasteiger partial charge is 0.123 e. The second kappa shape index (κ2) is 6.62. The molecule has 0 amide bonds. The van der Waals surface area contributed by atoms with E-state index in [1.54, 1.807) is 7.11 Å². The van der Waals surface area contributed by atoms with Gasteiger partial charge in [0.25, 0.3) is 0 Å². The van der Waals surface area contributed by atoms with Crippen LogP contribution in [0.25, 0.3) is 0 Å². The van der Waals surface area contributed by atoms with Gasteiger partial charge in [0, 0.05) is 26.7 Å². The molecular weight excluding hydrogens is 214 g/mol. The Morgan fingerprint density at radius 3 is 3.06 bits per heavy atom. The van der Waals surface area contributed by atoms with E-state index in [2.05, 4.69) is 17.4 Å². The van der Waals surface area contributed by atoms with Crippen LogP contribution in [0.15, 0.2) is 24.3 Å². The predicted molar refractivity (Wildman–Crippen MR) is 68.5 cm³/mol. The van der Waals surface area contributed by atoms with Crippen molar-refractivity contribution in [1.82, 2.24) is 5.32 Å². The van der Waals surface area contributed by atoms with Gasteiger partial charge in [-0.2, -0.15) is 0 Å². The van der Waals surface area contributed by atoms with Gasteiger partial charge in [-0.25, -0.2) is 0 Å². The fourth-order valence-electron chi connectivity index (χ4n) is 2.13. The summed E-state index contributed by atoms with van der Waals surface area (Å²) in [6.07, 6.45) is 3.61. The number of benzene rings is 1. The van der Waals surface area contributed by atoms with Crippen molar-refractivity contribution in [2.45, 2.75) is 25.4 Å². The van der Waals surface area contributed by atoms with Gasteiger partial charge in [0.2, 0.25) is 0 Å². The predicted octanol–water partition coefficient (Wildman–Crippen LogP) is 2.01. The van der Waals surface area contributed by atoms with Gasteiger partial charge >= 0.3 is 0 Å². The first-order valence-electron chi connectivity index (χ1n) is 6.34. The van der Waals surface area contributed by atoms with Crippen LogP contribution in [0.1, 0.15) is 18.4 Å². The fourth-order valence-corrected chi connectivity index (χ4v) is 2.13. The van der Waals surface area contributed by atoms with E-state index >= 15 is 0 Å². The third-order valence-electron chi connectivity index (χ3n) is 3.04. The number of unbranched alkanes of at least 4 members (excludes halogenated alkanes) is 1. The number of nitrogens with one attached hydrogen (secondary N) is 1. The number of hydrogen-bond donors (Lipinski definition) is 1. The molecule has 0 aliphatic carbocycles. The number of ether oxygens (including phenoxy) is 2. The van der Waals surface area contributed by atoms with E-state index < -0.39 is 0 Å². The van der Waals surface area contributed by atoms with Crippen LogP contribution in [0.5, 0.6) is 5.75 Å². The molecule has 3 heteroatoms. The van der Waals surface area contributed by atoms with E-state index in [4.69, 9.17) is 9.47 Å². The Balaban J connectivity index is 1.60. The minimum atomic E-state index is 0.301. The molecule has 1 aromatic carbocycles. The average molecular weight is 235 g/mol. The van der Waals surface area contributed by atoms with Crippen LogP contribution in [0, 0.1) is 0 Å². The molecule has 0 saturated heterocycles. The molecule has 1 aliphatic heterocycles. The first-order chi connectivity index (χ1) is 8.40. The molecule has 1 heterocycles. The standard InChI is InChI=1S/C14H21NO2/c1-16-9-5-4-8-15-11-13-10-12-6-2-3-7-14(12)17-13/h2-3,6-7,13,15H,4-5,8-11H2,1H3. The van der Waals surface area contributed by atoms with Crippen molar-refractivity contribution in [3.05, 3.63) is 29.8 Å². The maximum absolute atomic E-state index is 5.85. The van der Waals surface area contributed by atoms with Gasteiger partial charge in [0.05, 0.1) is 0 Å². The number of fused-ring (bicyclic) bond motifs is 1. The second-order valence-corrected chi connectivity index (χ2v) is 4.46. The first-order valence-corrected chi connectivity index (χ1v) is 6.34. The van der Waals surface area contributed by atoms with E-state index in [0.29, 0.717) is 6.10 Å². The highest BCUT2D eigenvalue weighted by molar-refractivity contribution is 5.37. The van der Waals surface area contributed by atoms with Crippen LogP contribution in [-0.2, 0) is 11.2 Å². The van der Waals surface area contributed by atoms with Crippen molar-refractivity contribution in [3.63, 3.8) is 0 Å². The van der Waals surface area contributed by atoms with Crippen molar-refractivity contribution in [2.24, 2.45) is 0 Å². The van der Waals surface area contributed by atoms with Crippen molar-refractivity contribution < 1.29 is 9.47 Å². The molecule has 1 unspecified atom stereocenters. The van der Waals surface area contributed by atoms with Crippen LogP contribution in [-0.4, -0.2) is 32.9 Å². The molecule has 3 nitrogen and oxygen atoms in total. The minimum Gasteiger partial charge on any atom is -0.488 e. The van der Waals surface area contributed by atoms with E-state index in [9.17, 15) is 0 Å². The molecule has 0 fully saturated rings. The van der Waals surface area contributed by atoms with Gasteiger partial charge in [-0.1, -0.05) is 18.2 Å². The summed E-state index contributed by atoms with van der Waals surface area (Å²) >= 11 is 0. The minimum absolute atomic E-state index is 0.301. The Kier molecular flexibility index (Phi) is 4.83. The summed E-state index contributed by atoms with van der Waals surface area (Å²) in [6, 6.07) is 8.30. The van der Waals surface area contributed by atoms with Crippen LogP contribution < -0.4 is 10.1 Å². The van der Waals surface area contributed by atoms with E-state index in [-0.39, 0.29) is 0 Å². The zero-order valence-corrected chi connectivity index (χ0v) is 10.4. The normalized spacial score (nSPS) is 17.8. The lowest BCUT2D eigenvalue weighted by Crippen LogP contribution is -2.30. The second-order valence-electron chi connectivity index (χ2n) is 4.46. The highest BCUT2D eigenvalue weighted by atomic mass is 16.5. The molecule has 0 radical (unpaired) electrons. The summed E-state index contributed by atoms with van der Waals surface area (Å²) in [4.78, 5) is 0. The number of methoxy groups -OCH3 is 1. The average Bonchev–Trinajstić information content (AvgIpc) is 2.76. The molecule has 1 aliphatic rings. The van der Waals surface area contributed by atoms with Crippen LogP contribution >= 0.6 is 0 Å². The summed E-state index contributed by atoms with van der Waals surface area (Å²) in [5.41, 5.74) is 1.33. The SMILES string of the molecule is COCCCCNCC1Cc2ccccc2O1. The van der Waals surface area contributed by atoms with Gasteiger partial charge in [-0.3, -0.25) is 0 Å². The monoisotopic (exact) mass is 235 g/mol. The Labute approximate surface area is 103 Å². The third kappa shape index (κ3) is 3.72. The molecule has 0 spiro atoms. The maximum atomic E-state index is 5.85. The first kappa shape index (κ1) is 12.4. The molecule has 1 aromatic rings. The van der Waals surface area contributed by atoms with Gasteiger partial charge in [-0.05, 0) is 31.0 Å². The largest absolute Gasteiger partial charge is 0.488 e. The van der Waals surface area contributed by atoms with Crippen LogP contribution in [0.4, 0.5) is 0 Å². The molecule has 2 rings (SSSR count). The molecule has 1 N–H and O–H groups in total. The lowest BCUT2D eigenvalue weighted by atomic mass is 10.1. The van der Waals surface area contributed by atoms with Gasteiger partial charge < -0.3 is 14.8 Å². The molecule has 94 valence electrons. The summed E-state index contributed by atoms with van der Waals surface area (Å²) in [5.74, 6) is 1.05. The summed E-state index contributed by atoms with van der Waals surface area (Å²) in [5, 5.41) is 3.44. The molecular formula is C14H21NO2. The Morgan fingerprint density at radius 2 is 2.24 bits per heavy atom. The van der Waals surface area contributed by atoms with Crippen molar-refractivity contribution in [3.8, 4) is 5.75 Å². The summed E-state index contributed by atoms with van der Waals surface area (Å²) < 4.78 is 10.9. The number of hydrogen-bond acceptors (Lipinski definition) is 3. The molecule has 0 saturated carbocycles. The lowest BCUT2D eigenvalue weighted by molar-refractivity contribution is 0.191. The van der Waals surface area contributed by atoms with Gasteiger partial charge in [0.1, 0.15) is 11.9 Å². The zero-order chi connectivity index (χ0) is 11.9. The number of para-hydroxylation sites is 1. The molecule has 1 atom stereocenters. The van der Waals surface area contributed by atoms with Crippen LogP contribution in [0.3, 0.4) is 0 Å². The Morgan fingerprint density at radius 1 is 1.35 bits per heavy atom. The maximum Gasteiger partial charge on any atom is 0.123 e. The van der Waals surface area contributed by atoms with Crippen molar-refractivity contribution in [1.29, 1.82) is 0 Å². The topological polar surface area (TPSA) is 30.5 Å². The lowest BCUT2D eigenvalue weighted by Gasteiger charge is -2.11.